The minimum Gasteiger partial charge on any atom is -0.383 e. The number of Topliss-reactive ketones (excluding diaryl/α,β-unsaturated/α-hetero) is 1. The molecule has 0 aromatic rings. The fourth-order valence-electron chi connectivity index (χ4n) is 3.11. The van der Waals surface area contributed by atoms with Crippen molar-refractivity contribution in [2.75, 3.05) is 20.3 Å². The lowest BCUT2D eigenvalue weighted by molar-refractivity contribution is -0.138. The zero-order valence-corrected chi connectivity index (χ0v) is 14.5. The molecule has 1 unspecified atom stereocenters. The number of carbonyl (C=O) groups excluding carboxylic acids is 2. The molecule has 21 heavy (non-hydrogen) atoms. The number of hydrogen-bond donors (Lipinski definition) is 0. The Labute approximate surface area is 129 Å². The molecule has 1 atom stereocenters. The van der Waals surface area contributed by atoms with Gasteiger partial charge in [-0.15, -0.1) is 0 Å². The molecule has 1 fully saturated rings. The van der Waals surface area contributed by atoms with Gasteiger partial charge in [-0.2, -0.15) is 0 Å². The molecule has 0 N–H and O–H groups in total. The first-order valence-electron chi connectivity index (χ1n) is 7.88. The number of likely N-dealkylation sites (tertiary alicyclic amines) is 1. The molecule has 122 valence electrons. The van der Waals surface area contributed by atoms with Gasteiger partial charge >= 0.3 is 0 Å². The number of ketones is 1. The Morgan fingerprint density at radius 2 is 1.71 bits per heavy atom. The van der Waals surface area contributed by atoms with Crippen LogP contribution >= 0.6 is 0 Å². The highest BCUT2D eigenvalue weighted by Crippen LogP contribution is 2.44. The number of nitrogens with zero attached hydrogens (tertiary/aromatic N) is 1. The summed E-state index contributed by atoms with van der Waals surface area (Å²) in [6.07, 6.45) is 3.07. The summed E-state index contributed by atoms with van der Waals surface area (Å²) < 4.78 is 5.22. The fraction of sp³-hybridized carbons (Fsp3) is 0.882. The highest BCUT2D eigenvalue weighted by molar-refractivity contribution is 5.79. The van der Waals surface area contributed by atoms with E-state index in [4.69, 9.17) is 4.74 Å². The second-order valence-electron chi connectivity index (χ2n) is 7.66. The predicted octanol–water partition coefficient (Wildman–Crippen LogP) is 3.05. The molecule has 1 rings (SSSR count). The van der Waals surface area contributed by atoms with Crippen LogP contribution in [-0.4, -0.2) is 42.9 Å². The average molecular weight is 297 g/mol. The number of carbonyl (C=O) groups is 2. The topological polar surface area (TPSA) is 46.6 Å². The van der Waals surface area contributed by atoms with E-state index >= 15 is 0 Å². The Kier molecular flexibility index (Phi) is 5.97. The molecule has 1 amide bonds. The molecule has 1 heterocycles. The van der Waals surface area contributed by atoms with Crippen molar-refractivity contribution in [2.24, 2.45) is 10.8 Å². The third-order valence-electron chi connectivity index (χ3n) is 5.17. The Bertz CT molecular complexity index is 387. The van der Waals surface area contributed by atoms with E-state index in [1.54, 1.807) is 14.0 Å². The summed E-state index contributed by atoms with van der Waals surface area (Å²) in [7, 11) is 1.68. The lowest BCUT2D eigenvalue weighted by Crippen LogP contribution is -2.43. The Balaban J connectivity index is 2.73. The summed E-state index contributed by atoms with van der Waals surface area (Å²) in [5.74, 6) is 0.370. The van der Waals surface area contributed by atoms with Crippen LogP contribution in [0.25, 0.3) is 0 Å². The van der Waals surface area contributed by atoms with E-state index in [1.165, 1.54) is 0 Å². The maximum Gasteiger partial charge on any atom is 0.223 e. The molecule has 0 aromatic carbocycles. The maximum absolute atomic E-state index is 12.7. The van der Waals surface area contributed by atoms with Crippen molar-refractivity contribution >= 4 is 11.7 Å². The van der Waals surface area contributed by atoms with Crippen LogP contribution in [0.2, 0.25) is 0 Å². The number of rotatable bonds is 7. The number of amides is 1. The van der Waals surface area contributed by atoms with Gasteiger partial charge in [-0.05, 0) is 30.6 Å². The minimum atomic E-state index is -0.212. The molecule has 1 aliphatic heterocycles. The van der Waals surface area contributed by atoms with E-state index in [0.29, 0.717) is 19.4 Å². The van der Waals surface area contributed by atoms with Gasteiger partial charge in [0, 0.05) is 26.5 Å². The van der Waals surface area contributed by atoms with Crippen LogP contribution in [0.1, 0.15) is 60.3 Å². The maximum atomic E-state index is 12.7. The minimum absolute atomic E-state index is 0.180. The van der Waals surface area contributed by atoms with Gasteiger partial charge in [-0.3, -0.25) is 4.79 Å². The van der Waals surface area contributed by atoms with E-state index in [1.807, 2.05) is 4.90 Å². The first-order chi connectivity index (χ1) is 9.60. The second-order valence-corrected chi connectivity index (χ2v) is 7.66. The average Bonchev–Trinajstić information content (AvgIpc) is 2.75. The van der Waals surface area contributed by atoms with Crippen molar-refractivity contribution in [1.82, 2.24) is 4.90 Å². The van der Waals surface area contributed by atoms with Gasteiger partial charge in [0.15, 0.2) is 0 Å². The van der Waals surface area contributed by atoms with Gasteiger partial charge in [0.2, 0.25) is 5.91 Å². The summed E-state index contributed by atoms with van der Waals surface area (Å²) in [6, 6.07) is 0.217. The van der Waals surface area contributed by atoms with E-state index in [-0.39, 0.29) is 28.6 Å². The normalized spacial score (nSPS) is 19.9. The summed E-state index contributed by atoms with van der Waals surface area (Å²) in [4.78, 5) is 26.1. The zero-order valence-electron chi connectivity index (χ0n) is 14.5. The van der Waals surface area contributed by atoms with Crippen LogP contribution in [0.5, 0.6) is 0 Å². The molecule has 4 nitrogen and oxygen atoms in total. The van der Waals surface area contributed by atoms with Gasteiger partial charge < -0.3 is 14.4 Å². The van der Waals surface area contributed by atoms with Gasteiger partial charge in [0.25, 0.3) is 0 Å². The molecule has 0 radical (unpaired) electrons. The first kappa shape index (κ1) is 18.1. The molecular weight excluding hydrogens is 266 g/mol. The number of methoxy groups -OCH3 is 1. The van der Waals surface area contributed by atoms with Crippen molar-refractivity contribution in [3.05, 3.63) is 0 Å². The van der Waals surface area contributed by atoms with Crippen LogP contribution < -0.4 is 0 Å². The zero-order chi connectivity index (χ0) is 16.3. The molecule has 0 bridgehead atoms. The molecule has 1 saturated heterocycles. The largest absolute Gasteiger partial charge is 0.383 e. The molecule has 4 heteroatoms. The lowest BCUT2D eigenvalue weighted by Gasteiger charge is -2.42. The molecule has 0 aliphatic carbocycles. The highest BCUT2D eigenvalue weighted by Gasteiger charge is 2.41. The molecule has 1 aliphatic rings. The fourth-order valence-corrected chi connectivity index (χ4v) is 3.11. The first-order valence-corrected chi connectivity index (χ1v) is 7.88. The van der Waals surface area contributed by atoms with E-state index in [9.17, 15) is 9.59 Å². The van der Waals surface area contributed by atoms with Gasteiger partial charge in [0.05, 0.1) is 12.6 Å². The van der Waals surface area contributed by atoms with Crippen LogP contribution in [0, 0.1) is 10.8 Å². The van der Waals surface area contributed by atoms with E-state index < -0.39 is 0 Å². The van der Waals surface area contributed by atoms with E-state index in [0.717, 1.165) is 19.4 Å². The number of hydrogen-bond acceptors (Lipinski definition) is 3. The second kappa shape index (κ2) is 6.91. The summed E-state index contributed by atoms with van der Waals surface area (Å²) in [5, 5.41) is 0. The molecular formula is C17H31NO3. The van der Waals surface area contributed by atoms with Gasteiger partial charge in [-0.25, -0.2) is 0 Å². The van der Waals surface area contributed by atoms with Crippen molar-refractivity contribution in [3.8, 4) is 0 Å². The molecule has 0 saturated carbocycles. The third kappa shape index (κ3) is 4.53. The van der Waals surface area contributed by atoms with Gasteiger partial charge in [0.1, 0.15) is 5.78 Å². The SMILES string of the molecule is COCC1CCCN1C(=O)CC(C)(C)C(C)(C)CC(C)=O. The third-order valence-corrected chi connectivity index (χ3v) is 5.17. The van der Waals surface area contributed by atoms with Crippen LogP contribution in [0.3, 0.4) is 0 Å². The summed E-state index contributed by atoms with van der Waals surface area (Å²) >= 11 is 0. The predicted molar refractivity (Wildman–Crippen MR) is 84.1 cm³/mol. The van der Waals surface area contributed by atoms with E-state index in [2.05, 4.69) is 27.7 Å². The molecule has 0 spiro atoms. The van der Waals surface area contributed by atoms with Crippen molar-refractivity contribution in [1.29, 1.82) is 0 Å². The van der Waals surface area contributed by atoms with Crippen LogP contribution in [0.4, 0.5) is 0 Å². The smallest absolute Gasteiger partial charge is 0.223 e. The highest BCUT2D eigenvalue weighted by atomic mass is 16.5. The van der Waals surface area contributed by atoms with Crippen molar-refractivity contribution < 1.29 is 14.3 Å². The quantitative estimate of drug-likeness (QED) is 0.725. The van der Waals surface area contributed by atoms with Crippen molar-refractivity contribution in [2.45, 2.75) is 66.3 Å². The molecule has 0 aromatic heterocycles. The summed E-state index contributed by atoms with van der Waals surface area (Å²) in [5.41, 5.74) is -0.402. The Morgan fingerprint density at radius 1 is 1.14 bits per heavy atom. The Hall–Kier alpha value is -0.900. The van der Waals surface area contributed by atoms with Crippen molar-refractivity contribution in [3.63, 3.8) is 0 Å². The van der Waals surface area contributed by atoms with Crippen LogP contribution in [-0.2, 0) is 14.3 Å². The van der Waals surface area contributed by atoms with Gasteiger partial charge in [-0.1, -0.05) is 27.7 Å². The van der Waals surface area contributed by atoms with Crippen LogP contribution in [0.15, 0.2) is 0 Å². The monoisotopic (exact) mass is 297 g/mol. The Morgan fingerprint density at radius 3 is 2.24 bits per heavy atom. The summed E-state index contributed by atoms with van der Waals surface area (Å²) in [6.45, 7) is 11.4. The lowest BCUT2D eigenvalue weighted by atomic mass is 9.63. The number of ether oxygens (including phenoxy) is 1. The standard InChI is InChI=1S/C17H31NO3/c1-13(19)10-16(2,3)17(4,5)11-15(20)18-9-7-8-14(18)12-21-6/h14H,7-12H2,1-6H3.